The average Bonchev–Trinajstić information content (AvgIpc) is 3.03. The highest BCUT2D eigenvalue weighted by molar-refractivity contribution is 7.09. The van der Waals surface area contributed by atoms with Crippen LogP contribution in [0, 0.1) is 0 Å². The van der Waals surface area contributed by atoms with Crippen molar-refractivity contribution in [1.82, 2.24) is 0 Å². The molecule has 3 aromatic carbocycles. The number of methoxy groups -OCH3 is 2. The second-order valence-electron chi connectivity index (χ2n) is 16.6. The summed E-state index contributed by atoms with van der Waals surface area (Å²) in [5, 5.41) is 5.28. The molecule has 0 fully saturated rings. The highest BCUT2D eigenvalue weighted by Crippen LogP contribution is 2.52. The lowest BCUT2D eigenvalue weighted by Crippen LogP contribution is -2.67. The van der Waals surface area contributed by atoms with E-state index in [9.17, 15) is 0 Å². The predicted octanol–water partition coefficient (Wildman–Crippen LogP) is 10.5. The molecule has 1 aliphatic carbocycles. The molecule has 4 rings (SSSR count). The van der Waals surface area contributed by atoms with Crippen molar-refractivity contribution >= 4 is 40.6 Å². The van der Waals surface area contributed by atoms with Gasteiger partial charge in [0.15, 0.2) is 16.4 Å². The first-order valence-electron chi connectivity index (χ1n) is 17.0. The molecule has 0 spiro atoms. The van der Waals surface area contributed by atoms with Crippen molar-refractivity contribution in [3.8, 4) is 5.75 Å². The third-order valence-corrected chi connectivity index (χ3v) is 22.6. The van der Waals surface area contributed by atoms with Gasteiger partial charge >= 0.3 is 0 Å². The molecule has 0 heterocycles. The summed E-state index contributed by atoms with van der Waals surface area (Å²) in [6.07, 6.45) is 4.58. The molecular formula is C41H58O3Si3. The minimum absolute atomic E-state index is 0.00466. The minimum Gasteiger partial charge on any atom is -0.496 e. The average molecular weight is 683 g/mol. The lowest BCUT2D eigenvalue weighted by Gasteiger charge is -2.50. The van der Waals surface area contributed by atoms with Crippen LogP contribution < -0.4 is 15.1 Å². The van der Waals surface area contributed by atoms with E-state index in [-0.39, 0.29) is 16.2 Å². The molecule has 6 heteroatoms. The Morgan fingerprint density at radius 1 is 0.617 bits per heavy atom. The number of benzene rings is 3. The lowest BCUT2D eigenvalue weighted by atomic mass is 9.99. The minimum atomic E-state index is -2.86. The smallest absolute Gasteiger partial charge is 0.193 e. The van der Waals surface area contributed by atoms with Gasteiger partial charge in [0.05, 0.1) is 34.0 Å². The Hall–Kier alpha value is -2.91. The molecule has 0 saturated heterocycles. The van der Waals surface area contributed by atoms with E-state index in [0.29, 0.717) is 0 Å². The number of allylic oxidation sites excluding steroid dienone is 4. The molecule has 0 bridgehead atoms. The highest BCUT2D eigenvalue weighted by atomic mass is 28.4. The van der Waals surface area contributed by atoms with E-state index in [4.69, 9.17) is 13.9 Å². The van der Waals surface area contributed by atoms with E-state index in [1.165, 1.54) is 26.3 Å². The SMILES string of the molecule is CO/C1=C([Si](C)(C)C)/C=C(C)\C=C(\[Si](c2ccccc2)(c2ccccc2)C(C)(C)C)C(O[Si](C)(C)C(C)(C)C)c2cccc(OC)c21. The fourth-order valence-electron chi connectivity index (χ4n) is 6.99. The second kappa shape index (κ2) is 13.5. The first kappa shape index (κ1) is 36.9. The Kier molecular flexibility index (Phi) is 10.6. The molecular weight excluding hydrogens is 625 g/mol. The molecule has 1 atom stereocenters. The molecule has 0 radical (unpaired) electrons. The van der Waals surface area contributed by atoms with Gasteiger partial charge in [0.25, 0.3) is 0 Å². The fraction of sp³-hybridized carbons (Fsp3) is 0.415. The van der Waals surface area contributed by atoms with E-state index in [2.05, 4.69) is 172 Å². The van der Waals surface area contributed by atoms with Crippen LogP contribution in [-0.4, -0.2) is 38.7 Å². The normalized spacial score (nSPS) is 20.5. The van der Waals surface area contributed by atoms with Crippen LogP contribution in [0.1, 0.15) is 65.7 Å². The summed E-state index contributed by atoms with van der Waals surface area (Å²) >= 11 is 0. The summed E-state index contributed by atoms with van der Waals surface area (Å²) in [5.74, 6) is 1.71. The first-order valence-corrected chi connectivity index (χ1v) is 25.4. The molecule has 3 aromatic rings. The maximum atomic E-state index is 7.83. The quantitative estimate of drug-likeness (QED) is 0.221. The maximum Gasteiger partial charge on any atom is 0.193 e. The van der Waals surface area contributed by atoms with Crippen LogP contribution >= 0.6 is 0 Å². The highest BCUT2D eigenvalue weighted by Gasteiger charge is 2.54. The molecule has 1 unspecified atom stereocenters. The number of hydrogen-bond acceptors (Lipinski definition) is 3. The van der Waals surface area contributed by atoms with E-state index in [0.717, 1.165) is 22.6 Å². The van der Waals surface area contributed by atoms with Crippen LogP contribution in [0.5, 0.6) is 5.75 Å². The van der Waals surface area contributed by atoms with Crippen LogP contribution in [0.3, 0.4) is 0 Å². The zero-order valence-electron chi connectivity index (χ0n) is 31.5. The molecule has 0 aromatic heterocycles. The van der Waals surface area contributed by atoms with Gasteiger partial charge in [0, 0.05) is 0 Å². The summed E-state index contributed by atoms with van der Waals surface area (Å²) in [5.41, 5.74) is 3.34. The van der Waals surface area contributed by atoms with Gasteiger partial charge in [-0.05, 0) is 62.5 Å². The third-order valence-electron chi connectivity index (χ3n) is 10.3. The molecule has 0 amide bonds. The Morgan fingerprint density at radius 2 is 1.15 bits per heavy atom. The van der Waals surface area contributed by atoms with Crippen molar-refractivity contribution in [2.24, 2.45) is 0 Å². The van der Waals surface area contributed by atoms with Gasteiger partial charge in [-0.3, -0.25) is 0 Å². The molecule has 252 valence electrons. The van der Waals surface area contributed by atoms with E-state index in [1.807, 2.05) is 7.11 Å². The van der Waals surface area contributed by atoms with Crippen molar-refractivity contribution in [1.29, 1.82) is 0 Å². The standard InChI is InChI=1S/C41H58O3Si3/c1-30-28-35(45(10,11)12)39(43-9)37-33(26-21-27-34(37)42-8)38(44-46(13,14)40(2,3)4)36(29-30)47(41(5,6)7,31-22-17-15-18-23-31)32-24-19-16-20-25-32/h15-29,38H,1-14H3/b30-28-,36-29+,39-35-. The monoisotopic (exact) mass is 682 g/mol. The fourth-order valence-corrected chi connectivity index (χ4v) is 15.9. The van der Waals surface area contributed by atoms with Crippen LogP contribution in [0.15, 0.2) is 107 Å². The van der Waals surface area contributed by atoms with Gasteiger partial charge in [0.2, 0.25) is 0 Å². The van der Waals surface area contributed by atoms with E-state index < -0.39 is 24.5 Å². The number of ether oxygens (including phenoxy) is 2. The van der Waals surface area contributed by atoms with Gasteiger partial charge in [-0.15, -0.1) is 0 Å². The molecule has 3 nitrogen and oxygen atoms in total. The molecule has 1 aliphatic rings. The van der Waals surface area contributed by atoms with Gasteiger partial charge in [-0.1, -0.05) is 152 Å². The summed E-state index contributed by atoms with van der Waals surface area (Å²) < 4.78 is 20.5. The van der Waals surface area contributed by atoms with E-state index in [1.54, 1.807) is 7.11 Å². The zero-order chi connectivity index (χ0) is 35.0. The molecule has 0 saturated carbocycles. The molecule has 0 N–H and O–H groups in total. The molecule has 47 heavy (non-hydrogen) atoms. The van der Waals surface area contributed by atoms with Crippen LogP contribution in [0.2, 0.25) is 42.8 Å². The van der Waals surface area contributed by atoms with Gasteiger partial charge in [0.1, 0.15) is 11.5 Å². The van der Waals surface area contributed by atoms with Crippen LogP contribution in [0.4, 0.5) is 0 Å². The van der Waals surface area contributed by atoms with Gasteiger partial charge < -0.3 is 13.9 Å². The lowest BCUT2D eigenvalue weighted by molar-refractivity contribution is 0.221. The van der Waals surface area contributed by atoms with Crippen molar-refractivity contribution in [2.45, 2.75) is 97.4 Å². The molecule has 0 aliphatic heterocycles. The Morgan fingerprint density at radius 3 is 1.57 bits per heavy atom. The second-order valence-corrected chi connectivity index (χ2v) is 31.1. The maximum absolute atomic E-state index is 7.83. The zero-order valence-corrected chi connectivity index (χ0v) is 34.5. The summed E-state index contributed by atoms with van der Waals surface area (Å²) in [7, 11) is -3.56. The first-order chi connectivity index (χ1) is 21.8. The Bertz CT molecular complexity index is 1610. The number of fused-ring (bicyclic) bond motifs is 1. The van der Waals surface area contributed by atoms with Crippen molar-refractivity contribution in [3.63, 3.8) is 0 Å². The van der Waals surface area contributed by atoms with Gasteiger partial charge in [-0.2, -0.15) is 0 Å². The van der Waals surface area contributed by atoms with Crippen molar-refractivity contribution in [2.75, 3.05) is 14.2 Å². The number of hydrogen-bond donors (Lipinski definition) is 0. The van der Waals surface area contributed by atoms with Crippen molar-refractivity contribution in [3.05, 3.63) is 118 Å². The summed E-state index contributed by atoms with van der Waals surface area (Å²) in [6, 6.07) is 29.0. The van der Waals surface area contributed by atoms with Crippen LogP contribution in [0.25, 0.3) is 5.76 Å². The number of rotatable bonds is 8. The Labute approximate surface area is 288 Å². The van der Waals surface area contributed by atoms with Crippen molar-refractivity contribution < 1.29 is 13.9 Å². The summed E-state index contributed by atoms with van der Waals surface area (Å²) in [6.45, 7) is 28.5. The third kappa shape index (κ3) is 6.98. The predicted molar refractivity (Wildman–Crippen MR) is 211 cm³/mol. The van der Waals surface area contributed by atoms with Crippen LogP contribution in [-0.2, 0) is 9.16 Å². The summed E-state index contributed by atoms with van der Waals surface area (Å²) in [4.78, 5) is 0. The van der Waals surface area contributed by atoms with E-state index >= 15 is 0 Å². The Balaban J connectivity index is 2.35. The van der Waals surface area contributed by atoms with Gasteiger partial charge in [-0.25, -0.2) is 0 Å². The largest absolute Gasteiger partial charge is 0.496 e. The topological polar surface area (TPSA) is 27.7 Å².